The van der Waals surface area contributed by atoms with E-state index in [1.807, 2.05) is 42.6 Å². The van der Waals surface area contributed by atoms with Crippen LogP contribution in [0.1, 0.15) is 29.8 Å². The van der Waals surface area contributed by atoms with E-state index in [2.05, 4.69) is 10.4 Å². The molecule has 4 rings (SSSR count). The second-order valence-corrected chi connectivity index (χ2v) is 7.05. The second kappa shape index (κ2) is 7.03. The zero-order valence-electron chi connectivity index (χ0n) is 15.3. The van der Waals surface area contributed by atoms with Crippen LogP contribution in [-0.4, -0.2) is 40.3 Å². The molecule has 0 atom stereocenters. The largest absolute Gasteiger partial charge is 0.381 e. The molecule has 1 aliphatic rings. The lowest BCUT2D eigenvalue weighted by Crippen LogP contribution is -2.33. The van der Waals surface area contributed by atoms with E-state index in [1.54, 1.807) is 0 Å². The van der Waals surface area contributed by atoms with Crippen LogP contribution in [0.4, 0.5) is 0 Å². The van der Waals surface area contributed by atoms with Gasteiger partial charge in [0.15, 0.2) is 5.65 Å². The van der Waals surface area contributed by atoms with Crippen LogP contribution >= 0.6 is 0 Å². The Hall–Kier alpha value is -2.47. The number of aromatic nitrogens is 3. The van der Waals surface area contributed by atoms with E-state index in [9.17, 15) is 4.79 Å². The zero-order valence-corrected chi connectivity index (χ0v) is 15.3. The Morgan fingerprint density at radius 3 is 2.85 bits per heavy atom. The molecule has 0 unspecified atom stereocenters. The first kappa shape index (κ1) is 17.0. The van der Waals surface area contributed by atoms with Crippen molar-refractivity contribution in [3.8, 4) is 0 Å². The van der Waals surface area contributed by atoms with Gasteiger partial charge in [-0.1, -0.05) is 12.1 Å². The first-order valence-electron chi connectivity index (χ1n) is 9.21. The number of carbonyl (C=O) groups excluding carboxylic acids is 1. The van der Waals surface area contributed by atoms with Gasteiger partial charge in [-0.25, -0.2) is 9.50 Å². The number of aryl methyl sites for hydroxylation is 2. The van der Waals surface area contributed by atoms with Gasteiger partial charge in [-0.05, 0) is 44.7 Å². The number of hydrogen-bond acceptors (Lipinski definition) is 4. The van der Waals surface area contributed by atoms with Crippen LogP contribution < -0.4 is 5.32 Å². The zero-order chi connectivity index (χ0) is 18.1. The molecule has 2 aromatic heterocycles. The average Bonchev–Trinajstić information content (AvgIpc) is 3.03. The van der Waals surface area contributed by atoms with Crippen LogP contribution in [0.15, 0.2) is 24.3 Å². The lowest BCUT2D eigenvalue weighted by Gasteiger charge is -2.22. The Morgan fingerprint density at radius 2 is 2.04 bits per heavy atom. The molecule has 0 spiro atoms. The summed E-state index contributed by atoms with van der Waals surface area (Å²) in [5.74, 6) is 0.562. The van der Waals surface area contributed by atoms with E-state index < -0.39 is 0 Å². The summed E-state index contributed by atoms with van der Waals surface area (Å²) < 4.78 is 7.23. The minimum Gasteiger partial charge on any atom is -0.381 e. The van der Waals surface area contributed by atoms with Gasteiger partial charge in [0.25, 0.3) is 0 Å². The molecule has 3 heterocycles. The molecule has 0 saturated carbocycles. The minimum absolute atomic E-state index is 0.0422. The van der Waals surface area contributed by atoms with E-state index in [-0.39, 0.29) is 5.91 Å². The van der Waals surface area contributed by atoms with Crippen molar-refractivity contribution in [1.29, 1.82) is 0 Å². The highest BCUT2D eigenvalue weighted by Crippen LogP contribution is 2.22. The number of benzene rings is 1. The molecule has 26 heavy (non-hydrogen) atoms. The van der Waals surface area contributed by atoms with E-state index >= 15 is 0 Å². The predicted molar refractivity (Wildman–Crippen MR) is 100 cm³/mol. The monoisotopic (exact) mass is 352 g/mol. The molecule has 136 valence electrons. The maximum Gasteiger partial charge on any atom is 0.224 e. The molecule has 3 aromatic rings. The normalized spacial score (nSPS) is 15.6. The van der Waals surface area contributed by atoms with Crippen molar-refractivity contribution >= 4 is 22.5 Å². The third kappa shape index (κ3) is 3.17. The topological polar surface area (TPSA) is 68.5 Å². The van der Waals surface area contributed by atoms with Gasteiger partial charge in [0, 0.05) is 42.1 Å². The summed E-state index contributed by atoms with van der Waals surface area (Å²) in [4.78, 5) is 17.2. The van der Waals surface area contributed by atoms with Crippen LogP contribution in [0.2, 0.25) is 0 Å². The van der Waals surface area contributed by atoms with Crippen LogP contribution in [0.5, 0.6) is 0 Å². The number of rotatable bonds is 4. The summed E-state index contributed by atoms with van der Waals surface area (Å²) >= 11 is 0. The molecule has 0 radical (unpaired) electrons. The Balaban J connectivity index is 1.55. The van der Waals surface area contributed by atoms with Crippen molar-refractivity contribution in [3.63, 3.8) is 0 Å². The number of nitrogens with one attached hydrogen (secondary N) is 1. The molecule has 0 aliphatic carbocycles. The standard InChI is InChI=1S/C20H24N4O2/c1-13-17(11-19(25)21-12-15-7-9-26-10-8-15)14(2)24-20(22-13)16-5-3-4-6-18(16)23-24/h3-6,15H,7-12H2,1-2H3,(H,21,25). The summed E-state index contributed by atoms with van der Waals surface area (Å²) in [7, 11) is 0. The number of hydrogen-bond donors (Lipinski definition) is 1. The third-order valence-corrected chi connectivity index (χ3v) is 5.28. The fourth-order valence-electron chi connectivity index (χ4n) is 3.66. The molecular formula is C20H24N4O2. The van der Waals surface area contributed by atoms with Gasteiger partial charge in [-0.15, -0.1) is 0 Å². The summed E-state index contributed by atoms with van der Waals surface area (Å²) in [6.45, 7) is 6.30. The maximum atomic E-state index is 12.5. The fraction of sp³-hybridized carbons (Fsp3) is 0.450. The Labute approximate surface area is 152 Å². The molecule has 6 nitrogen and oxygen atoms in total. The van der Waals surface area contributed by atoms with E-state index in [0.717, 1.165) is 66.1 Å². The van der Waals surface area contributed by atoms with Gasteiger partial charge in [0.2, 0.25) is 5.91 Å². The van der Waals surface area contributed by atoms with Crippen LogP contribution in [0.25, 0.3) is 16.6 Å². The Kier molecular flexibility index (Phi) is 4.59. The van der Waals surface area contributed by atoms with Crippen molar-refractivity contribution in [2.75, 3.05) is 19.8 Å². The van der Waals surface area contributed by atoms with Gasteiger partial charge >= 0.3 is 0 Å². The molecular weight excluding hydrogens is 328 g/mol. The van der Waals surface area contributed by atoms with Crippen molar-refractivity contribution in [2.45, 2.75) is 33.1 Å². The molecule has 1 saturated heterocycles. The number of fused-ring (bicyclic) bond motifs is 3. The van der Waals surface area contributed by atoms with E-state index in [1.165, 1.54) is 0 Å². The molecule has 1 aliphatic heterocycles. The van der Waals surface area contributed by atoms with Crippen molar-refractivity contribution < 1.29 is 9.53 Å². The highest BCUT2D eigenvalue weighted by Gasteiger charge is 2.18. The number of amides is 1. The van der Waals surface area contributed by atoms with Crippen molar-refractivity contribution in [3.05, 3.63) is 41.2 Å². The van der Waals surface area contributed by atoms with Gasteiger partial charge in [0.05, 0.1) is 11.9 Å². The van der Waals surface area contributed by atoms with E-state index in [0.29, 0.717) is 12.3 Å². The van der Waals surface area contributed by atoms with E-state index in [4.69, 9.17) is 9.72 Å². The van der Waals surface area contributed by atoms with Gasteiger partial charge in [-0.2, -0.15) is 5.10 Å². The number of ether oxygens (including phenoxy) is 1. The summed E-state index contributed by atoms with van der Waals surface area (Å²) in [5.41, 5.74) is 4.59. The molecule has 6 heteroatoms. The average molecular weight is 352 g/mol. The summed E-state index contributed by atoms with van der Waals surface area (Å²) in [6.07, 6.45) is 2.37. The molecule has 1 amide bonds. The fourth-order valence-corrected chi connectivity index (χ4v) is 3.66. The highest BCUT2D eigenvalue weighted by molar-refractivity contribution is 5.92. The summed E-state index contributed by atoms with van der Waals surface area (Å²) in [5, 5.41) is 8.77. The predicted octanol–water partition coefficient (Wildman–Crippen LogP) is 2.58. The third-order valence-electron chi connectivity index (χ3n) is 5.28. The molecule has 1 fully saturated rings. The van der Waals surface area contributed by atoms with Gasteiger partial charge in [-0.3, -0.25) is 4.79 Å². The lowest BCUT2D eigenvalue weighted by molar-refractivity contribution is -0.120. The number of carbonyl (C=O) groups is 1. The first-order valence-corrected chi connectivity index (χ1v) is 9.21. The number of nitrogens with zero attached hydrogens (tertiary/aromatic N) is 3. The Bertz CT molecular complexity index is 957. The Morgan fingerprint density at radius 1 is 1.27 bits per heavy atom. The molecule has 1 aromatic carbocycles. The van der Waals surface area contributed by atoms with Crippen LogP contribution in [0, 0.1) is 19.8 Å². The minimum atomic E-state index is 0.0422. The van der Waals surface area contributed by atoms with Crippen LogP contribution in [-0.2, 0) is 16.0 Å². The SMILES string of the molecule is Cc1nc2c3ccccc3nn2c(C)c1CC(=O)NCC1CCOCC1. The summed E-state index contributed by atoms with van der Waals surface area (Å²) in [6, 6.07) is 7.98. The maximum absolute atomic E-state index is 12.5. The quantitative estimate of drug-likeness (QED) is 0.784. The smallest absolute Gasteiger partial charge is 0.224 e. The van der Waals surface area contributed by atoms with Crippen molar-refractivity contribution in [1.82, 2.24) is 19.9 Å². The molecule has 0 bridgehead atoms. The highest BCUT2D eigenvalue weighted by atomic mass is 16.5. The van der Waals surface area contributed by atoms with Crippen molar-refractivity contribution in [2.24, 2.45) is 5.92 Å². The lowest BCUT2D eigenvalue weighted by atomic mass is 10.0. The van der Waals surface area contributed by atoms with Gasteiger partial charge in [0.1, 0.15) is 0 Å². The first-order chi connectivity index (χ1) is 12.6. The second-order valence-electron chi connectivity index (χ2n) is 7.05. The van der Waals surface area contributed by atoms with Crippen LogP contribution in [0.3, 0.4) is 0 Å². The van der Waals surface area contributed by atoms with Gasteiger partial charge < -0.3 is 10.1 Å². The molecule has 1 N–H and O–H groups in total.